The standard InChI is InChI=1S/C18H20O2/c1-3-14-8-7-13(2)17-10-9-15(12-16(17)11-14)5-4-6-18(19)20/h4-5,7-13H,3,6H2,1-2H3,(H,19,20). The van der Waals surface area contributed by atoms with Gasteiger partial charge in [-0.3, -0.25) is 4.79 Å². The summed E-state index contributed by atoms with van der Waals surface area (Å²) in [5.74, 6) is -0.399. The Morgan fingerprint density at radius 2 is 2.20 bits per heavy atom. The average Bonchev–Trinajstić information content (AvgIpc) is 2.57. The number of carboxylic acid groups (broad SMARTS) is 1. The van der Waals surface area contributed by atoms with Gasteiger partial charge in [0.15, 0.2) is 0 Å². The Morgan fingerprint density at radius 3 is 2.90 bits per heavy atom. The van der Waals surface area contributed by atoms with Gasteiger partial charge in [0.1, 0.15) is 0 Å². The summed E-state index contributed by atoms with van der Waals surface area (Å²) in [6, 6.07) is 6.32. The first-order chi connectivity index (χ1) is 9.60. The van der Waals surface area contributed by atoms with Crippen molar-refractivity contribution >= 4 is 18.1 Å². The normalized spacial score (nSPS) is 17.7. The molecule has 20 heavy (non-hydrogen) atoms. The Morgan fingerprint density at radius 1 is 1.40 bits per heavy atom. The Hall–Kier alpha value is -2.09. The smallest absolute Gasteiger partial charge is 0.307 e. The van der Waals surface area contributed by atoms with Gasteiger partial charge in [0.05, 0.1) is 6.42 Å². The van der Waals surface area contributed by atoms with Gasteiger partial charge in [-0.1, -0.05) is 56.4 Å². The summed E-state index contributed by atoms with van der Waals surface area (Å²) in [6.45, 7) is 4.35. The number of fused-ring (bicyclic) bond motifs is 1. The molecule has 0 aliphatic heterocycles. The molecule has 2 heteroatoms. The first kappa shape index (κ1) is 14.3. The maximum Gasteiger partial charge on any atom is 0.307 e. The third-order valence-corrected chi connectivity index (χ3v) is 3.55. The van der Waals surface area contributed by atoms with Crippen molar-refractivity contribution in [2.24, 2.45) is 0 Å². The van der Waals surface area contributed by atoms with Crippen molar-refractivity contribution in [1.29, 1.82) is 0 Å². The quantitative estimate of drug-likeness (QED) is 0.863. The molecule has 1 aromatic carbocycles. The fourth-order valence-corrected chi connectivity index (χ4v) is 2.37. The number of carboxylic acids is 1. The van der Waals surface area contributed by atoms with Crippen LogP contribution in [0.25, 0.3) is 12.2 Å². The van der Waals surface area contributed by atoms with Crippen LogP contribution in [0.5, 0.6) is 0 Å². The fraction of sp³-hybridized carbons (Fsp3) is 0.278. The zero-order valence-electron chi connectivity index (χ0n) is 12.0. The Balaban J connectivity index is 2.32. The minimum Gasteiger partial charge on any atom is -0.481 e. The van der Waals surface area contributed by atoms with Crippen molar-refractivity contribution in [3.8, 4) is 0 Å². The molecule has 0 saturated heterocycles. The lowest BCUT2D eigenvalue weighted by Gasteiger charge is -2.10. The van der Waals surface area contributed by atoms with E-state index in [4.69, 9.17) is 5.11 Å². The van der Waals surface area contributed by atoms with Crippen molar-refractivity contribution in [3.05, 3.63) is 58.7 Å². The minimum atomic E-state index is -0.804. The van der Waals surface area contributed by atoms with Crippen LogP contribution in [0.4, 0.5) is 0 Å². The number of aliphatic carboxylic acids is 1. The molecule has 0 radical (unpaired) electrons. The molecule has 1 aromatic rings. The second-order valence-corrected chi connectivity index (χ2v) is 5.11. The Labute approximate surface area is 120 Å². The summed E-state index contributed by atoms with van der Waals surface area (Å²) in [7, 11) is 0. The largest absolute Gasteiger partial charge is 0.481 e. The molecular formula is C18H20O2. The Bertz CT molecular complexity index is 591. The highest BCUT2D eigenvalue weighted by molar-refractivity contribution is 5.71. The van der Waals surface area contributed by atoms with E-state index in [9.17, 15) is 4.79 Å². The van der Waals surface area contributed by atoms with Gasteiger partial charge in [0, 0.05) is 0 Å². The second kappa shape index (κ2) is 6.38. The molecule has 1 aliphatic rings. The number of benzene rings is 1. The molecular weight excluding hydrogens is 248 g/mol. The summed E-state index contributed by atoms with van der Waals surface area (Å²) in [6.07, 6.45) is 11.3. The number of rotatable bonds is 4. The maximum absolute atomic E-state index is 10.5. The summed E-state index contributed by atoms with van der Waals surface area (Å²) in [5, 5.41) is 8.65. The highest BCUT2D eigenvalue weighted by atomic mass is 16.4. The second-order valence-electron chi connectivity index (χ2n) is 5.11. The van der Waals surface area contributed by atoms with Crippen molar-refractivity contribution in [2.75, 3.05) is 0 Å². The van der Waals surface area contributed by atoms with Crippen LogP contribution in [-0.2, 0) is 4.79 Å². The molecule has 0 amide bonds. The highest BCUT2D eigenvalue weighted by Gasteiger charge is 2.10. The number of allylic oxidation sites excluding steroid dienone is 3. The number of hydrogen-bond donors (Lipinski definition) is 1. The monoisotopic (exact) mass is 268 g/mol. The maximum atomic E-state index is 10.5. The van der Waals surface area contributed by atoms with Crippen molar-refractivity contribution in [2.45, 2.75) is 32.6 Å². The lowest BCUT2D eigenvalue weighted by Crippen LogP contribution is -1.93. The van der Waals surface area contributed by atoms with Crippen LogP contribution in [0.15, 0.2) is 42.0 Å². The van der Waals surface area contributed by atoms with Crippen LogP contribution in [0.1, 0.15) is 49.3 Å². The molecule has 104 valence electrons. The topological polar surface area (TPSA) is 37.3 Å². The van der Waals surface area contributed by atoms with E-state index in [1.165, 1.54) is 16.7 Å². The van der Waals surface area contributed by atoms with Gasteiger partial charge in [0.25, 0.3) is 0 Å². The molecule has 0 spiro atoms. The first-order valence-electron chi connectivity index (χ1n) is 7.01. The lowest BCUT2D eigenvalue weighted by molar-refractivity contribution is -0.135. The summed E-state index contributed by atoms with van der Waals surface area (Å²) >= 11 is 0. The fourth-order valence-electron chi connectivity index (χ4n) is 2.37. The van der Waals surface area contributed by atoms with E-state index < -0.39 is 5.97 Å². The van der Waals surface area contributed by atoms with Crippen LogP contribution in [0.3, 0.4) is 0 Å². The van der Waals surface area contributed by atoms with Crippen LogP contribution >= 0.6 is 0 Å². The van der Waals surface area contributed by atoms with E-state index in [0.717, 1.165) is 12.0 Å². The third kappa shape index (κ3) is 3.47. The van der Waals surface area contributed by atoms with Gasteiger partial charge in [-0.05, 0) is 40.7 Å². The third-order valence-electron chi connectivity index (χ3n) is 3.55. The molecule has 1 unspecified atom stereocenters. The van der Waals surface area contributed by atoms with Crippen LogP contribution in [0.2, 0.25) is 0 Å². The van der Waals surface area contributed by atoms with Gasteiger partial charge >= 0.3 is 5.97 Å². The van der Waals surface area contributed by atoms with Gasteiger partial charge in [-0.25, -0.2) is 0 Å². The van der Waals surface area contributed by atoms with Crippen molar-refractivity contribution < 1.29 is 9.90 Å². The zero-order valence-corrected chi connectivity index (χ0v) is 12.0. The van der Waals surface area contributed by atoms with Gasteiger partial charge in [-0.2, -0.15) is 0 Å². The minimum absolute atomic E-state index is 0.0606. The van der Waals surface area contributed by atoms with E-state index >= 15 is 0 Å². The number of hydrogen-bond acceptors (Lipinski definition) is 1. The Kier molecular flexibility index (Phi) is 4.57. The van der Waals surface area contributed by atoms with Crippen molar-refractivity contribution in [3.63, 3.8) is 0 Å². The van der Waals surface area contributed by atoms with Gasteiger partial charge < -0.3 is 5.11 Å². The van der Waals surface area contributed by atoms with Crippen LogP contribution < -0.4 is 0 Å². The number of carbonyl (C=O) groups is 1. The van der Waals surface area contributed by atoms with Gasteiger partial charge in [-0.15, -0.1) is 0 Å². The van der Waals surface area contributed by atoms with Crippen LogP contribution in [-0.4, -0.2) is 11.1 Å². The first-order valence-corrected chi connectivity index (χ1v) is 7.01. The average molecular weight is 268 g/mol. The molecule has 0 heterocycles. The highest BCUT2D eigenvalue weighted by Crippen LogP contribution is 2.29. The molecule has 2 nitrogen and oxygen atoms in total. The van der Waals surface area contributed by atoms with Gasteiger partial charge in [0.2, 0.25) is 0 Å². The van der Waals surface area contributed by atoms with E-state index in [0.29, 0.717) is 5.92 Å². The predicted molar refractivity (Wildman–Crippen MR) is 83.6 cm³/mol. The molecule has 2 rings (SSSR count). The van der Waals surface area contributed by atoms with Crippen molar-refractivity contribution in [1.82, 2.24) is 0 Å². The summed E-state index contributed by atoms with van der Waals surface area (Å²) in [4.78, 5) is 10.5. The van der Waals surface area contributed by atoms with Crippen LogP contribution in [0, 0.1) is 0 Å². The molecule has 1 atom stereocenters. The molecule has 0 aromatic heterocycles. The molecule has 1 N–H and O–H groups in total. The molecule has 0 bridgehead atoms. The zero-order chi connectivity index (χ0) is 14.5. The molecule has 0 fully saturated rings. The van der Waals surface area contributed by atoms with E-state index in [2.05, 4.69) is 44.2 Å². The van der Waals surface area contributed by atoms with E-state index in [1.54, 1.807) is 6.08 Å². The lowest BCUT2D eigenvalue weighted by atomic mass is 9.94. The molecule has 0 saturated carbocycles. The predicted octanol–water partition coefficient (Wildman–Crippen LogP) is 4.64. The van der Waals surface area contributed by atoms with E-state index in [-0.39, 0.29) is 6.42 Å². The summed E-state index contributed by atoms with van der Waals surface area (Å²) < 4.78 is 0. The SMILES string of the molecule is CCC1=Cc2cc(C=CCC(=O)O)ccc2C(C)C=C1. The summed E-state index contributed by atoms with van der Waals surface area (Å²) in [5.41, 5.74) is 4.92. The van der Waals surface area contributed by atoms with E-state index in [1.807, 2.05) is 12.1 Å². The molecule has 1 aliphatic carbocycles.